The van der Waals surface area contributed by atoms with E-state index in [-0.39, 0.29) is 30.3 Å². The van der Waals surface area contributed by atoms with Crippen molar-refractivity contribution in [3.8, 4) is 5.75 Å². The number of piperidine rings is 1. The number of carbonyl (C=O) groups excluding carboxylic acids is 2. The Bertz CT molecular complexity index is 650. The zero-order chi connectivity index (χ0) is 19.1. The highest BCUT2D eigenvalue weighted by Crippen LogP contribution is 2.19. The van der Waals surface area contributed by atoms with Gasteiger partial charge >= 0.3 is 0 Å². The largest absolute Gasteiger partial charge is 0.497 e. The maximum Gasteiger partial charge on any atom is 0.237 e. The zero-order valence-corrected chi connectivity index (χ0v) is 17.4. The first-order valence-corrected chi connectivity index (χ1v) is 10.1. The van der Waals surface area contributed by atoms with E-state index in [1.165, 1.54) is 0 Å². The fourth-order valence-corrected chi connectivity index (χ4v) is 3.97. The monoisotopic (exact) mass is 409 g/mol. The topological polar surface area (TPSA) is 70.7 Å². The molecule has 1 aromatic carbocycles. The van der Waals surface area contributed by atoms with Crippen LogP contribution in [0.4, 0.5) is 0 Å². The van der Waals surface area contributed by atoms with Gasteiger partial charge in [0.1, 0.15) is 5.75 Å². The van der Waals surface area contributed by atoms with Gasteiger partial charge in [-0.15, -0.1) is 12.4 Å². The Morgan fingerprint density at radius 1 is 1.29 bits per heavy atom. The average Bonchev–Trinajstić information content (AvgIpc) is 3.25. The van der Waals surface area contributed by atoms with Gasteiger partial charge in [0.15, 0.2) is 0 Å². The Kier molecular flexibility index (Phi) is 9.06. The molecule has 0 spiro atoms. The molecule has 156 valence electrons. The number of likely N-dealkylation sites (tertiary alicyclic amines) is 1. The van der Waals surface area contributed by atoms with E-state index in [9.17, 15) is 9.59 Å². The second kappa shape index (κ2) is 11.3. The standard InChI is InChI=1S/C21H31N3O3.ClH/c1-27-18-7-2-5-16(13-18)9-10-20(25)24-12-4-6-17(15-24)14-23-21(26)19-8-3-11-22-19;/h2,5,7,13,17,19,22H,3-4,6,8-12,14-15H2,1H3,(H,23,26);1H. The van der Waals surface area contributed by atoms with Gasteiger partial charge in [-0.05, 0) is 62.3 Å². The van der Waals surface area contributed by atoms with Gasteiger partial charge in [0.25, 0.3) is 0 Å². The number of hydrogen-bond acceptors (Lipinski definition) is 4. The molecule has 2 unspecified atom stereocenters. The summed E-state index contributed by atoms with van der Waals surface area (Å²) in [5.74, 6) is 1.48. The van der Waals surface area contributed by atoms with Crippen LogP contribution >= 0.6 is 12.4 Å². The van der Waals surface area contributed by atoms with Crippen LogP contribution in [0.2, 0.25) is 0 Å². The average molecular weight is 410 g/mol. The van der Waals surface area contributed by atoms with Crippen LogP contribution in [0.15, 0.2) is 24.3 Å². The van der Waals surface area contributed by atoms with Gasteiger partial charge in [-0.1, -0.05) is 12.1 Å². The number of carbonyl (C=O) groups is 2. The Balaban J connectivity index is 0.00000280. The van der Waals surface area contributed by atoms with E-state index >= 15 is 0 Å². The number of methoxy groups -OCH3 is 1. The highest BCUT2D eigenvalue weighted by molar-refractivity contribution is 5.85. The smallest absolute Gasteiger partial charge is 0.237 e. The molecule has 2 saturated heterocycles. The molecule has 0 aliphatic carbocycles. The van der Waals surface area contributed by atoms with Crippen LogP contribution in [0.5, 0.6) is 5.75 Å². The summed E-state index contributed by atoms with van der Waals surface area (Å²) in [5.41, 5.74) is 1.12. The summed E-state index contributed by atoms with van der Waals surface area (Å²) in [6, 6.07) is 7.85. The van der Waals surface area contributed by atoms with Crippen LogP contribution in [-0.4, -0.2) is 56.0 Å². The molecule has 0 saturated carbocycles. The zero-order valence-electron chi connectivity index (χ0n) is 16.6. The summed E-state index contributed by atoms with van der Waals surface area (Å²) in [5, 5.41) is 6.30. The first-order valence-electron chi connectivity index (χ1n) is 10.1. The molecular weight excluding hydrogens is 378 g/mol. The summed E-state index contributed by atoms with van der Waals surface area (Å²) in [6.07, 6.45) is 5.30. The van der Waals surface area contributed by atoms with Crippen molar-refractivity contribution in [2.45, 2.75) is 44.6 Å². The van der Waals surface area contributed by atoms with Crippen molar-refractivity contribution in [2.75, 3.05) is 33.3 Å². The predicted molar refractivity (Wildman–Crippen MR) is 112 cm³/mol. The molecule has 1 aromatic rings. The number of amides is 2. The Morgan fingerprint density at radius 3 is 2.89 bits per heavy atom. The lowest BCUT2D eigenvalue weighted by Crippen LogP contribution is -2.46. The second-order valence-electron chi connectivity index (χ2n) is 7.59. The molecule has 2 N–H and O–H groups in total. The minimum atomic E-state index is -0.0332. The summed E-state index contributed by atoms with van der Waals surface area (Å²) >= 11 is 0. The molecule has 2 fully saturated rings. The first-order chi connectivity index (χ1) is 13.2. The molecular formula is C21H32ClN3O3. The Hall–Kier alpha value is -1.79. The number of benzene rings is 1. The number of nitrogens with zero attached hydrogens (tertiary/aromatic N) is 1. The SMILES string of the molecule is COc1cccc(CCC(=O)N2CCCC(CNC(=O)C3CCCN3)C2)c1.Cl. The van der Waals surface area contributed by atoms with Crippen LogP contribution < -0.4 is 15.4 Å². The van der Waals surface area contributed by atoms with Crippen molar-refractivity contribution in [1.82, 2.24) is 15.5 Å². The number of hydrogen-bond donors (Lipinski definition) is 2. The molecule has 6 nitrogen and oxygen atoms in total. The number of nitrogens with one attached hydrogen (secondary N) is 2. The van der Waals surface area contributed by atoms with Crippen LogP contribution in [0, 0.1) is 5.92 Å². The number of halogens is 1. The second-order valence-corrected chi connectivity index (χ2v) is 7.59. The third-order valence-corrected chi connectivity index (χ3v) is 5.58. The number of rotatable bonds is 7. The van der Waals surface area contributed by atoms with E-state index in [1.807, 2.05) is 29.2 Å². The van der Waals surface area contributed by atoms with E-state index in [1.54, 1.807) is 7.11 Å². The van der Waals surface area contributed by atoms with E-state index in [0.717, 1.165) is 63.1 Å². The molecule has 0 radical (unpaired) electrons. The first kappa shape index (κ1) is 22.5. The molecule has 2 heterocycles. The molecule has 2 aliphatic heterocycles. The lowest BCUT2D eigenvalue weighted by atomic mass is 9.97. The van der Waals surface area contributed by atoms with Crippen molar-refractivity contribution < 1.29 is 14.3 Å². The fraction of sp³-hybridized carbons (Fsp3) is 0.619. The maximum atomic E-state index is 12.6. The summed E-state index contributed by atoms with van der Waals surface area (Å²) in [6.45, 7) is 3.16. The fourth-order valence-electron chi connectivity index (χ4n) is 3.97. The molecule has 7 heteroatoms. The summed E-state index contributed by atoms with van der Waals surface area (Å²) in [7, 11) is 1.65. The van der Waals surface area contributed by atoms with Crippen molar-refractivity contribution >= 4 is 24.2 Å². The molecule has 2 aliphatic rings. The van der Waals surface area contributed by atoms with Crippen molar-refractivity contribution in [2.24, 2.45) is 5.92 Å². The Morgan fingerprint density at radius 2 is 2.14 bits per heavy atom. The Labute approximate surface area is 173 Å². The minimum absolute atomic E-state index is 0. The van der Waals surface area contributed by atoms with E-state index in [0.29, 0.717) is 18.9 Å². The third-order valence-electron chi connectivity index (χ3n) is 5.58. The summed E-state index contributed by atoms with van der Waals surface area (Å²) in [4.78, 5) is 26.7. The molecule has 28 heavy (non-hydrogen) atoms. The highest BCUT2D eigenvalue weighted by Gasteiger charge is 2.26. The molecule has 2 atom stereocenters. The van der Waals surface area contributed by atoms with Gasteiger partial charge in [-0.25, -0.2) is 0 Å². The normalized spacial score (nSPS) is 21.7. The minimum Gasteiger partial charge on any atom is -0.497 e. The lowest BCUT2D eigenvalue weighted by molar-refractivity contribution is -0.132. The van der Waals surface area contributed by atoms with E-state index < -0.39 is 0 Å². The predicted octanol–water partition coefficient (Wildman–Crippen LogP) is 2.16. The number of ether oxygens (including phenoxy) is 1. The van der Waals surface area contributed by atoms with Gasteiger partial charge in [0.2, 0.25) is 11.8 Å². The van der Waals surface area contributed by atoms with E-state index in [2.05, 4.69) is 10.6 Å². The van der Waals surface area contributed by atoms with Gasteiger partial charge in [-0.2, -0.15) is 0 Å². The van der Waals surface area contributed by atoms with Crippen LogP contribution in [0.25, 0.3) is 0 Å². The third kappa shape index (κ3) is 6.38. The van der Waals surface area contributed by atoms with Gasteiger partial charge in [-0.3, -0.25) is 9.59 Å². The van der Waals surface area contributed by atoms with Gasteiger partial charge in [0, 0.05) is 26.1 Å². The van der Waals surface area contributed by atoms with Gasteiger partial charge < -0.3 is 20.3 Å². The molecule has 0 aromatic heterocycles. The van der Waals surface area contributed by atoms with Gasteiger partial charge in [0.05, 0.1) is 13.2 Å². The molecule has 0 bridgehead atoms. The maximum absolute atomic E-state index is 12.6. The van der Waals surface area contributed by atoms with Crippen molar-refractivity contribution in [3.05, 3.63) is 29.8 Å². The van der Waals surface area contributed by atoms with Crippen LogP contribution in [-0.2, 0) is 16.0 Å². The van der Waals surface area contributed by atoms with Crippen LogP contribution in [0.3, 0.4) is 0 Å². The lowest BCUT2D eigenvalue weighted by Gasteiger charge is -2.33. The van der Waals surface area contributed by atoms with E-state index in [4.69, 9.17) is 4.74 Å². The van der Waals surface area contributed by atoms with Crippen LogP contribution in [0.1, 0.15) is 37.7 Å². The highest BCUT2D eigenvalue weighted by atomic mass is 35.5. The molecule has 2 amide bonds. The quantitative estimate of drug-likeness (QED) is 0.724. The van der Waals surface area contributed by atoms with Crippen molar-refractivity contribution in [1.29, 1.82) is 0 Å². The number of aryl methyl sites for hydroxylation is 1. The van der Waals surface area contributed by atoms with Crippen molar-refractivity contribution in [3.63, 3.8) is 0 Å². The summed E-state index contributed by atoms with van der Waals surface area (Å²) < 4.78 is 5.24. The molecule has 3 rings (SSSR count).